The van der Waals surface area contributed by atoms with Crippen molar-refractivity contribution in [2.75, 3.05) is 28.2 Å². The number of rotatable bonds is 1. The molecule has 6 nitrogen and oxygen atoms in total. The Morgan fingerprint density at radius 3 is 1.90 bits per heavy atom. The number of imide groups is 1. The summed E-state index contributed by atoms with van der Waals surface area (Å²) >= 11 is 0. The second-order valence-corrected chi connectivity index (χ2v) is 6.13. The number of hydrogen-bond donors (Lipinski definition) is 0. The highest BCUT2D eigenvalue weighted by Crippen LogP contribution is 2.52. The van der Waals surface area contributed by atoms with E-state index < -0.39 is 0 Å². The zero-order chi connectivity index (χ0) is 14.6. The summed E-state index contributed by atoms with van der Waals surface area (Å²) in [4.78, 5) is 28.4. The summed E-state index contributed by atoms with van der Waals surface area (Å²) < 4.78 is 5.59. The number of hydroxylamine groups is 2. The fraction of sp³-hybridized carbons (Fsp3) is 0.643. The van der Waals surface area contributed by atoms with E-state index in [1.165, 1.54) is 0 Å². The van der Waals surface area contributed by atoms with E-state index in [2.05, 4.69) is 12.2 Å². The van der Waals surface area contributed by atoms with Crippen LogP contribution in [0.5, 0.6) is 0 Å². The van der Waals surface area contributed by atoms with Crippen molar-refractivity contribution in [3.8, 4) is 0 Å². The lowest BCUT2D eigenvalue weighted by Crippen LogP contribution is -2.38. The average Bonchev–Trinajstić information content (AvgIpc) is 3.02. The van der Waals surface area contributed by atoms with Crippen molar-refractivity contribution in [2.24, 2.45) is 23.7 Å². The third kappa shape index (κ3) is 1.67. The molecule has 2 aliphatic carbocycles. The molecule has 3 aliphatic rings. The molecule has 0 spiro atoms. The van der Waals surface area contributed by atoms with Gasteiger partial charge in [0, 0.05) is 28.2 Å². The van der Waals surface area contributed by atoms with Crippen LogP contribution in [-0.2, 0) is 9.59 Å². The van der Waals surface area contributed by atoms with Crippen LogP contribution in [0, 0.1) is 23.7 Å². The van der Waals surface area contributed by atoms with Crippen LogP contribution in [0.25, 0.3) is 0 Å². The molecule has 1 saturated carbocycles. The molecule has 0 aromatic carbocycles. The molecule has 0 aromatic rings. The van der Waals surface area contributed by atoms with Crippen LogP contribution < -0.4 is 0 Å². The largest absolute Gasteiger partial charge is 0.552 e. The lowest BCUT2D eigenvalue weighted by Gasteiger charge is -2.12. The SMILES string of the molecule is CN(C)C(=[O+]N1C(=O)C2C3C=CC(C3)C2C1=O)N(C)C. The third-order valence-electron chi connectivity index (χ3n) is 4.37. The van der Waals surface area contributed by atoms with Crippen molar-refractivity contribution in [1.82, 2.24) is 14.9 Å². The molecule has 4 atom stereocenters. The molecular weight excluding hydrogens is 258 g/mol. The summed E-state index contributed by atoms with van der Waals surface area (Å²) in [5.74, 6) is -0.420. The fourth-order valence-corrected chi connectivity index (χ4v) is 3.61. The van der Waals surface area contributed by atoms with Gasteiger partial charge in [-0.15, -0.1) is 0 Å². The number of amides is 4. The number of nitrogens with zero attached hydrogens (tertiary/aromatic N) is 3. The Labute approximate surface area is 118 Å². The molecular formula is C14H20N3O3+. The van der Waals surface area contributed by atoms with Gasteiger partial charge in [0.05, 0.1) is 16.9 Å². The molecule has 3 rings (SSSR count). The normalized spacial score (nSPS) is 33.7. The van der Waals surface area contributed by atoms with E-state index in [0.29, 0.717) is 6.03 Å². The van der Waals surface area contributed by atoms with E-state index in [0.717, 1.165) is 11.5 Å². The molecule has 1 saturated heterocycles. The maximum absolute atomic E-state index is 12.5. The summed E-state index contributed by atoms with van der Waals surface area (Å²) in [6.45, 7) is 0. The first-order chi connectivity index (χ1) is 9.41. The lowest BCUT2D eigenvalue weighted by atomic mass is 9.85. The second kappa shape index (κ2) is 4.33. The van der Waals surface area contributed by atoms with Crippen LogP contribution in [0.4, 0.5) is 4.53 Å². The van der Waals surface area contributed by atoms with Crippen molar-refractivity contribution >= 4 is 17.8 Å². The van der Waals surface area contributed by atoms with E-state index in [1.807, 2.05) is 28.2 Å². The van der Waals surface area contributed by atoms with Crippen LogP contribution in [0.1, 0.15) is 6.42 Å². The minimum absolute atomic E-state index is 0.196. The summed E-state index contributed by atoms with van der Waals surface area (Å²) in [6, 6.07) is 0.465. The molecule has 0 aromatic heterocycles. The van der Waals surface area contributed by atoms with Crippen molar-refractivity contribution in [3.05, 3.63) is 12.2 Å². The smallest absolute Gasteiger partial charge is 0.279 e. The summed E-state index contributed by atoms with van der Waals surface area (Å²) in [6.07, 6.45) is 5.07. The van der Waals surface area contributed by atoms with Gasteiger partial charge < -0.3 is 0 Å². The molecule has 108 valence electrons. The van der Waals surface area contributed by atoms with Gasteiger partial charge >= 0.3 is 17.8 Å². The van der Waals surface area contributed by atoms with Crippen LogP contribution in [0.15, 0.2) is 12.2 Å². The number of carbonyl (C=O) groups excluding carboxylic acids is 3. The summed E-state index contributed by atoms with van der Waals surface area (Å²) in [7, 11) is 7.25. The Bertz CT molecular complexity index is 484. The highest BCUT2D eigenvalue weighted by molar-refractivity contribution is 6.05. The fourth-order valence-electron chi connectivity index (χ4n) is 3.61. The van der Waals surface area contributed by atoms with Gasteiger partial charge in [0.25, 0.3) is 0 Å². The highest BCUT2D eigenvalue weighted by Gasteiger charge is 2.64. The van der Waals surface area contributed by atoms with Gasteiger partial charge in [-0.1, -0.05) is 12.2 Å². The summed E-state index contributed by atoms with van der Waals surface area (Å²) in [5, 5.41) is 0.969. The van der Waals surface area contributed by atoms with E-state index >= 15 is 0 Å². The van der Waals surface area contributed by atoms with Crippen molar-refractivity contribution in [2.45, 2.75) is 6.42 Å². The predicted octanol–water partition coefficient (Wildman–Crippen LogP) is 0.487. The molecule has 2 fully saturated rings. The van der Waals surface area contributed by atoms with Gasteiger partial charge in [-0.3, -0.25) is 19.4 Å². The first-order valence-electron chi connectivity index (χ1n) is 6.87. The second-order valence-electron chi connectivity index (χ2n) is 6.13. The van der Waals surface area contributed by atoms with Crippen LogP contribution >= 0.6 is 0 Å². The Hall–Kier alpha value is -1.85. The molecule has 0 radical (unpaired) electrons. The van der Waals surface area contributed by atoms with Gasteiger partial charge in [0.15, 0.2) is 0 Å². The molecule has 20 heavy (non-hydrogen) atoms. The maximum atomic E-state index is 12.5. The van der Waals surface area contributed by atoms with E-state index in [4.69, 9.17) is 4.53 Å². The minimum atomic E-state index is -0.219. The molecule has 0 N–H and O–H groups in total. The maximum Gasteiger partial charge on any atom is 0.552 e. The molecule has 6 heteroatoms. The van der Waals surface area contributed by atoms with Crippen molar-refractivity contribution in [1.29, 1.82) is 0 Å². The average molecular weight is 278 g/mol. The molecule has 4 unspecified atom stereocenters. The van der Waals surface area contributed by atoms with E-state index in [9.17, 15) is 9.59 Å². The van der Waals surface area contributed by atoms with E-state index in [1.54, 1.807) is 9.80 Å². The highest BCUT2D eigenvalue weighted by atomic mass is 16.6. The van der Waals surface area contributed by atoms with Gasteiger partial charge in [-0.25, -0.2) is 0 Å². The lowest BCUT2D eigenvalue weighted by molar-refractivity contribution is -0.347. The van der Waals surface area contributed by atoms with Gasteiger partial charge in [-0.05, 0) is 22.8 Å². The zero-order valence-corrected chi connectivity index (χ0v) is 12.2. The molecule has 4 amide bonds. The first kappa shape index (κ1) is 13.1. The van der Waals surface area contributed by atoms with Gasteiger partial charge in [-0.2, -0.15) is 0 Å². The van der Waals surface area contributed by atoms with Crippen LogP contribution in [0.2, 0.25) is 0 Å². The molecule has 1 heterocycles. The molecule has 1 aliphatic heterocycles. The van der Waals surface area contributed by atoms with Crippen LogP contribution in [-0.4, -0.2) is 60.9 Å². The van der Waals surface area contributed by atoms with Crippen LogP contribution in [0.3, 0.4) is 0 Å². The zero-order valence-electron chi connectivity index (χ0n) is 12.2. The number of carbonyl (C=O) groups is 2. The van der Waals surface area contributed by atoms with Crippen molar-refractivity contribution in [3.63, 3.8) is 0 Å². The number of urea groups is 1. The number of allylic oxidation sites excluding steroid dienone is 2. The van der Waals surface area contributed by atoms with Gasteiger partial charge in [0.1, 0.15) is 0 Å². The monoisotopic (exact) mass is 278 g/mol. The Morgan fingerprint density at radius 2 is 1.50 bits per heavy atom. The standard InChI is InChI=1S/C14H20N3O3/c1-15(2)14(16(3)4)20-17-12(18)10-8-5-6-9(7-8)11(10)13(17)19/h5-6,8-11H,7H2,1-4H3/q+1. The Morgan fingerprint density at radius 1 is 1.05 bits per heavy atom. The third-order valence-corrected chi connectivity index (χ3v) is 4.37. The van der Waals surface area contributed by atoms with Crippen molar-refractivity contribution < 1.29 is 14.1 Å². The topological polar surface area (TPSA) is 55.2 Å². The Balaban J connectivity index is 1.92. The first-order valence-corrected chi connectivity index (χ1v) is 6.87. The number of fused-ring (bicyclic) bond motifs is 5. The van der Waals surface area contributed by atoms with E-state index in [-0.39, 0.29) is 35.5 Å². The molecule has 2 bridgehead atoms. The minimum Gasteiger partial charge on any atom is -0.279 e. The quantitative estimate of drug-likeness (QED) is 0.398. The number of hydrogen-bond acceptors (Lipinski definition) is 2. The van der Waals surface area contributed by atoms with Gasteiger partial charge in [0.2, 0.25) is 0 Å². The Kier molecular flexibility index (Phi) is 2.84. The summed E-state index contributed by atoms with van der Waals surface area (Å²) in [5.41, 5.74) is 0. The predicted molar refractivity (Wildman–Crippen MR) is 72.3 cm³/mol.